The maximum Gasteiger partial charge on any atom is 0.410 e. The first kappa shape index (κ1) is 30.8. The van der Waals surface area contributed by atoms with Crippen LogP contribution in [0.1, 0.15) is 54.4 Å². The Hall–Kier alpha value is -1.24. The third kappa shape index (κ3) is 9.79. The van der Waals surface area contributed by atoms with Gasteiger partial charge in [-0.1, -0.05) is 0 Å². The number of hydrogen-bond donors (Lipinski definition) is 2. The van der Waals surface area contributed by atoms with Crippen molar-refractivity contribution in [2.24, 2.45) is 0 Å². The maximum absolute atomic E-state index is 11.9. The molecule has 2 amide bonds. The zero-order valence-electron chi connectivity index (χ0n) is 21.6. The molecule has 0 aromatic carbocycles. The maximum atomic E-state index is 11.9. The Labute approximate surface area is 208 Å². The van der Waals surface area contributed by atoms with Crippen LogP contribution in [0, 0.1) is 0 Å². The molecule has 0 bridgehead atoms. The van der Waals surface area contributed by atoms with Crippen molar-refractivity contribution in [2.45, 2.75) is 88.2 Å². The smallest absolute Gasteiger partial charge is 0.410 e. The number of aliphatic hydroxyl groups excluding tert-OH is 2. The third-order valence-corrected chi connectivity index (χ3v) is 7.93. The van der Waals surface area contributed by atoms with E-state index in [1.165, 1.54) is 4.90 Å². The molecule has 2 rings (SSSR count). The van der Waals surface area contributed by atoms with E-state index in [2.05, 4.69) is 0 Å². The average molecular weight is 527 g/mol. The van der Waals surface area contributed by atoms with Crippen molar-refractivity contribution in [1.82, 2.24) is 9.80 Å². The van der Waals surface area contributed by atoms with Gasteiger partial charge in [0.1, 0.15) is 11.2 Å². The fraction of sp³-hybridized carbons (Fsp3) is 0.909. The summed E-state index contributed by atoms with van der Waals surface area (Å²) in [6, 6.07) is -0.577. The number of hydrogen-bond acceptors (Lipinski definition) is 9. The summed E-state index contributed by atoms with van der Waals surface area (Å²) in [6.45, 7) is 11.3. The van der Waals surface area contributed by atoms with Crippen molar-refractivity contribution in [3.8, 4) is 0 Å². The number of sulfone groups is 1. The van der Waals surface area contributed by atoms with Gasteiger partial charge in [-0.25, -0.2) is 18.0 Å². The average Bonchev–Trinajstić information content (AvgIpc) is 3.29. The van der Waals surface area contributed by atoms with Gasteiger partial charge in [-0.3, -0.25) is 0 Å². The first-order chi connectivity index (χ1) is 15.4. The van der Waals surface area contributed by atoms with Crippen molar-refractivity contribution in [2.75, 3.05) is 38.8 Å². The van der Waals surface area contributed by atoms with Crippen LogP contribution in [0.15, 0.2) is 0 Å². The fourth-order valence-corrected chi connectivity index (χ4v) is 5.39. The molecule has 0 radical (unpaired) electrons. The molecule has 0 spiro atoms. The second-order valence-electron chi connectivity index (χ2n) is 10.7. The number of amides is 2. The van der Waals surface area contributed by atoms with Gasteiger partial charge in [-0.2, -0.15) is 11.8 Å². The Bertz CT molecular complexity index is 792. The standard InChI is InChI=1S/C11H21NO5S.C11H21NO3S/c1-11(2,3)17-10(14)12-6-9(18(4,15)16)5-8(12)7-13;1-11(2,3)15-10(14)12-6-9(16-4)5-8(12)7-13/h8-9,13H,5-7H2,1-4H3;8-9,13H,5-7H2,1-4H3/t2*8-,9-/m00/s1. The van der Waals surface area contributed by atoms with Crippen LogP contribution in [-0.4, -0.2) is 113 Å². The van der Waals surface area contributed by atoms with Gasteiger partial charge in [0.05, 0.1) is 30.5 Å². The van der Waals surface area contributed by atoms with Gasteiger partial charge in [-0.05, 0) is 60.6 Å². The first-order valence-electron chi connectivity index (χ1n) is 11.3. The van der Waals surface area contributed by atoms with E-state index in [-0.39, 0.29) is 38.3 Å². The highest BCUT2D eigenvalue weighted by molar-refractivity contribution is 7.99. The summed E-state index contributed by atoms with van der Waals surface area (Å²) in [7, 11) is -3.22. The van der Waals surface area contributed by atoms with Gasteiger partial charge < -0.3 is 29.5 Å². The molecule has 0 saturated carbocycles. The van der Waals surface area contributed by atoms with Gasteiger partial charge >= 0.3 is 12.2 Å². The molecule has 0 aromatic heterocycles. The van der Waals surface area contributed by atoms with Crippen molar-refractivity contribution in [3.63, 3.8) is 0 Å². The Morgan fingerprint density at radius 1 is 0.882 bits per heavy atom. The molecule has 0 unspecified atom stereocenters. The molecular formula is C22H42N2O8S2. The minimum atomic E-state index is -3.22. The van der Waals surface area contributed by atoms with E-state index in [1.807, 2.05) is 27.0 Å². The molecular weight excluding hydrogens is 484 g/mol. The van der Waals surface area contributed by atoms with E-state index >= 15 is 0 Å². The number of nitrogens with zero attached hydrogens (tertiary/aromatic N) is 2. The minimum Gasteiger partial charge on any atom is -0.444 e. The topological polar surface area (TPSA) is 134 Å². The molecule has 2 N–H and O–H groups in total. The summed E-state index contributed by atoms with van der Waals surface area (Å²) in [5, 5.41) is 18.2. The monoisotopic (exact) mass is 526 g/mol. The van der Waals surface area contributed by atoms with Crippen molar-refractivity contribution >= 4 is 33.8 Å². The zero-order valence-corrected chi connectivity index (χ0v) is 23.2. The highest BCUT2D eigenvalue weighted by Crippen LogP contribution is 2.27. The first-order valence-corrected chi connectivity index (χ1v) is 14.6. The van der Waals surface area contributed by atoms with Gasteiger partial charge in [0.2, 0.25) is 0 Å². The Kier molecular flexibility index (Phi) is 11.0. The molecule has 12 heteroatoms. The van der Waals surface area contributed by atoms with Gasteiger partial charge in [0.15, 0.2) is 9.84 Å². The Morgan fingerprint density at radius 3 is 1.65 bits per heavy atom. The van der Waals surface area contributed by atoms with Crippen LogP contribution >= 0.6 is 11.8 Å². The van der Waals surface area contributed by atoms with E-state index in [0.29, 0.717) is 11.8 Å². The summed E-state index contributed by atoms with van der Waals surface area (Å²) in [5.74, 6) is 0. The Morgan fingerprint density at radius 2 is 1.29 bits per heavy atom. The quantitative estimate of drug-likeness (QED) is 0.565. The molecule has 2 saturated heterocycles. The van der Waals surface area contributed by atoms with Gasteiger partial charge in [-0.15, -0.1) is 0 Å². The van der Waals surface area contributed by atoms with E-state index < -0.39 is 38.4 Å². The predicted octanol–water partition coefficient (Wildman–Crippen LogP) is 2.12. The number of carbonyl (C=O) groups is 2. The van der Waals surface area contributed by atoms with Crippen LogP contribution in [0.5, 0.6) is 0 Å². The van der Waals surface area contributed by atoms with E-state index in [9.17, 15) is 28.2 Å². The van der Waals surface area contributed by atoms with Gasteiger partial charge in [0.25, 0.3) is 0 Å². The van der Waals surface area contributed by atoms with Crippen LogP contribution in [0.2, 0.25) is 0 Å². The summed E-state index contributed by atoms with van der Waals surface area (Å²) in [6.07, 6.45) is 3.38. The van der Waals surface area contributed by atoms with E-state index in [0.717, 1.165) is 12.7 Å². The normalized spacial score (nSPS) is 25.6. The largest absolute Gasteiger partial charge is 0.444 e. The lowest BCUT2D eigenvalue weighted by molar-refractivity contribution is 0.0167. The van der Waals surface area contributed by atoms with Crippen molar-refractivity contribution in [1.29, 1.82) is 0 Å². The second-order valence-corrected chi connectivity index (χ2v) is 14.2. The number of ether oxygens (including phenoxy) is 2. The highest BCUT2D eigenvalue weighted by Gasteiger charge is 2.41. The minimum absolute atomic E-state index is 0.0102. The zero-order chi connectivity index (χ0) is 26.5. The number of carbonyl (C=O) groups excluding carboxylic acids is 2. The number of rotatable bonds is 4. The van der Waals surface area contributed by atoms with E-state index in [4.69, 9.17) is 9.47 Å². The van der Waals surface area contributed by atoms with Crippen LogP contribution in [0.3, 0.4) is 0 Å². The molecule has 34 heavy (non-hydrogen) atoms. The lowest BCUT2D eigenvalue weighted by Crippen LogP contribution is -2.41. The van der Waals surface area contributed by atoms with Crippen LogP contribution in [0.4, 0.5) is 9.59 Å². The van der Waals surface area contributed by atoms with Crippen molar-refractivity contribution < 1.29 is 37.7 Å². The predicted molar refractivity (Wildman–Crippen MR) is 133 cm³/mol. The molecule has 2 heterocycles. The van der Waals surface area contributed by atoms with Crippen molar-refractivity contribution in [3.05, 3.63) is 0 Å². The summed E-state index contributed by atoms with van der Waals surface area (Å²) in [5.41, 5.74) is -1.12. The Balaban J connectivity index is 0.000000342. The molecule has 200 valence electrons. The lowest BCUT2D eigenvalue weighted by atomic mass is 10.2. The van der Waals surface area contributed by atoms with Gasteiger partial charge in [0, 0.05) is 24.6 Å². The summed E-state index contributed by atoms with van der Waals surface area (Å²) >= 11 is 1.73. The molecule has 2 aliphatic rings. The SMILES string of the molecule is CC(C)(C)OC(=O)N1C[C@@H](S(C)(=O)=O)C[C@H]1CO.CS[C@H]1C[C@@H](CO)N(C(=O)OC(C)(C)C)C1. The van der Waals surface area contributed by atoms with Crippen LogP contribution in [0.25, 0.3) is 0 Å². The van der Waals surface area contributed by atoms with E-state index in [1.54, 1.807) is 37.4 Å². The lowest BCUT2D eigenvalue weighted by Gasteiger charge is -2.27. The third-order valence-electron chi connectivity index (χ3n) is 5.37. The molecule has 0 aliphatic carbocycles. The summed E-state index contributed by atoms with van der Waals surface area (Å²) < 4.78 is 33.5. The molecule has 2 aliphatic heterocycles. The number of thioether (sulfide) groups is 1. The molecule has 2 fully saturated rings. The van der Waals surface area contributed by atoms with Crippen LogP contribution < -0.4 is 0 Å². The van der Waals surface area contributed by atoms with Crippen LogP contribution in [-0.2, 0) is 19.3 Å². The summed E-state index contributed by atoms with van der Waals surface area (Å²) in [4.78, 5) is 26.7. The molecule has 4 atom stereocenters. The second kappa shape index (κ2) is 12.1. The number of likely N-dealkylation sites (tertiary alicyclic amines) is 2. The molecule has 10 nitrogen and oxygen atoms in total. The molecule has 0 aromatic rings. The number of aliphatic hydroxyl groups is 2. The fourth-order valence-electron chi connectivity index (χ4n) is 3.66. The highest BCUT2D eigenvalue weighted by atomic mass is 32.2.